The Bertz CT molecular complexity index is 2020. The first-order chi connectivity index (χ1) is 22.9. The fraction of sp³-hybridized carbons (Fsp3) is 0.105. The number of carbonyl (C=O) groups is 2. The number of hydrogen-bond acceptors (Lipinski definition) is 5. The number of aliphatic imine (C=N–C) groups is 1. The van der Waals surface area contributed by atoms with E-state index in [4.69, 9.17) is 21.7 Å². The third kappa shape index (κ3) is 6.34. The molecule has 1 N–H and O–H groups in total. The third-order valence-electron chi connectivity index (χ3n) is 7.54. The van der Waals surface area contributed by atoms with Gasteiger partial charge in [0.15, 0.2) is 0 Å². The number of amides is 1. The molecule has 0 aliphatic carbocycles. The number of esters is 1. The van der Waals surface area contributed by atoms with E-state index >= 15 is 0 Å². The maximum atomic E-state index is 14.1. The van der Waals surface area contributed by atoms with Crippen LogP contribution in [0.3, 0.4) is 0 Å². The zero-order valence-corrected chi connectivity index (χ0v) is 26.6. The van der Waals surface area contributed by atoms with Crippen LogP contribution in [0.5, 0.6) is 5.75 Å². The van der Waals surface area contributed by atoms with E-state index in [-0.39, 0.29) is 17.3 Å². The molecule has 0 spiro atoms. The number of benzene rings is 4. The van der Waals surface area contributed by atoms with Gasteiger partial charge in [0.25, 0.3) is 5.91 Å². The van der Waals surface area contributed by atoms with Gasteiger partial charge in [0.2, 0.25) is 11.0 Å². The Hall–Kier alpha value is -5.80. The molecule has 47 heavy (non-hydrogen) atoms. The van der Waals surface area contributed by atoms with Crippen LogP contribution >= 0.6 is 12.2 Å². The Balaban J connectivity index is 1.56. The maximum Gasteiger partial charge on any atom is 0.338 e. The number of hydrogen-bond donors (Lipinski definition) is 1. The summed E-state index contributed by atoms with van der Waals surface area (Å²) in [6.45, 7) is 4.38. The summed E-state index contributed by atoms with van der Waals surface area (Å²) in [4.78, 5) is 32.0. The van der Waals surface area contributed by atoms with E-state index in [9.17, 15) is 14.7 Å². The smallest absolute Gasteiger partial charge is 0.338 e. The summed E-state index contributed by atoms with van der Waals surface area (Å²) in [5.74, 6) is -0.815. The van der Waals surface area contributed by atoms with E-state index in [0.29, 0.717) is 29.2 Å². The molecule has 1 aliphatic rings. The predicted octanol–water partition coefficient (Wildman–Crippen LogP) is 8.06. The van der Waals surface area contributed by atoms with Gasteiger partial charge in [0.1, 0.15) is 11.3 Å². The van der Waals surface area contributed by atoms with E-state index in [0.717, 1.165) is 28.2 Å². The van der Waals surface area contributed by atoms with Crippen molar-refractivity contribution in [1.82, 2.24) is 4.57 Å². The summed E-state index contributed by atoms with van der Waals surface area (Å²) in [6, 6.07) is 35.8. The standard InChI is InChI=1S/C38H31N3O5S/c1-3-45-31-17-11-16-30(24-31)41-36(43)32(35(42)39-38(41)47)22-28-23-33(25-12-7-5-8-13-25)40(34(28)26-14-9-6-10-15-26)29-20-18-27(19-21-29)37(44)46-4-2/h5-24H,3-4H2,1-2H3,(H,39,42,47)/b32-22-. The second-order valence-electron chi connectivity index (χ2n) is 10.5. The lowest BCUT2D eigenvalue weighted by atomic mass is 10.0. The topological polar surface area (TPSA) is 93.4 Å². The Kier molecular flexibility index (Phi) is 9.08. The molecule has 1 aliphatic heterocycles. The molecule has 8 nitrogen and oxygen atoms in total. The van der Waals surface area contributed by atoms with Crippen molar-refractivity contribution in [2.45, 2.75) is 13.8 Å². The molecule has 9 heteroatoms. The van der Waals surface area contributed by atoms with Crippen molar-refractivity contribution < 1.29 is 24.2 Å². The average molecular weight is 642 g/mol. The van der Waals surface area contributed by atoms with E-state index < -0.39 is 17.8 Å². The lowest BCUT2D eigenvalue weighted by molar-refractivity contribution is -0.113. The Morgan fingerprint density at radius 1 is 0.830 bits per heavy atom. The van der Waals surface area contributed by atoms with Gasteiger partial charge in [-0.15, -0.1) is 0 Å². The van der Waals surface area contributed by atoms with E-state index in [1.54, 1.807) is 49.4 Å². The molecule has 6 rings (SSSR count). The van der Waals surface area contributed by atoms with Gasteiger partial charge >= 0.3 is 5.97 Å². The van der Waals surface area contributed by atoms with Crippen LogP contribution in [0.4, 0.5) is 5.69 Å². The fourth-order valence-electron chi connectivity index (χ4n) is 5.47. The molecule has 0 saturated heterocycles. The number of aromatic nitrogens is 1. The predicted molar refractivity (Wildman–Crippen MR) is 188 cm³/mol. The van der Waals surface area contributed by atoms with Crippen LogP contribution in [0, 0.1) is 0 Å². The van der Waals surface area contributed by atoms with Crippen molar-refractivity contribution in [1.29, 1.82) is 0 Å². The molecule has 1 amide bonds. The fourth-order valence-corrected chi connectivity index (χ4v) is 5.75. The molecule has 1 aromatic heterocycles. The van der Waals surface area contributed by atoms with Gasteiger partial charge in [-0.2, -0.15) is 4.99 Å². The molecule has 0 bridgehead atoms. The summed E-state index contributed by atoms with van der Waals surface area (Å²) in [5.41, 5.74) is 5.71. The number of thiocarbonyl (C=S) groups is 1. The third-order valence-corrected chi connectivity index (χ3v) is 7.81. The summed E-state index contributed by atoms with van der Waals surface area (Å²) >= 11 is 5.44. The van der Waals surface area contributed by atoms with E-state index in [1.165, 1.54) is 4.90 Å². The number of nitrogens with zero attached hydrogens (tertiary/aromatic N) is 3. The van der Waals surface area contributed by atoms with Gasteiger partial charge < -0.3 is 19.1 Å². The van der Waals surface area contributed by atoms with Crippen LogP contribution in [0.25, 0.3) is 34.3 Å². The van der Waals surface area contributed by atoms with E-state index in [2.05, 4.69) is 9.56 Å². The van der Waals surface area contributed by atoms with Crippen molar-refractivity contribution in [3.05, 3.63) is 132 Å². The summed E-state index contributed by atoms with van der Waals surface area (Å²) in [7, 11) is 0. The van der Waals surface area contributed by atoms with Crippen LogP contribution in [-0.2, 0) is 9.53 Å². The lowest BCUT2D eigenvalue weighted by Gasteiger charge is -2.26. The van der Waals surface area contributed by atoms with Crippen molar-refractivity contribution >= 4 is 46.9 Å². The molecule has 4 aromatic carbocycles. The van der Waals surface area contributed by atoms with Gasteiger partial charge in [0.05, 0.1) is 35.9 Å². The number of aliphatic hydroxyl groups is 1. The molecule has 0 fully saturated rings. The first kappa shape index (κ1) is 31.2. The SMILES string of the molecule is CCOC(=O)c1ccc(-n2c(-c3ccccc3)cc(/C=C3\C(=O)N(c4cccc(OCC)c4)C(=S)N=C3O)c2-c2ccccc2)cc1. The number of aliphatic hydroxyl groups excluding tert-OH is 1. The van der Waals surface area contributed by atoms with Gasteiger partial charge in [-0.3, -0.25) is 9.69 Å². The molecule has 0 saturated carbocycles. The first-order valence-electron chi connectivity index (χ1n) is 15.1. The van der Waals surface area contributed by atoms with Crippen LogP contribution in [0.1, 0.15) is 29.8 Å². The van der Waals surface area contributed by atoms with Gasteiger partial charge in [-0.05, 0) is 85.7 Å². The minimum atomic E-state index is -0.525. The normalized spacial score (nSPS) is 13.9. The quantitative estimate of drug-likeness (QED) is 0.0995. The van der Waals surface area contributed by atoms with Gasteiger partial charge in [-0.1, -0.05) is 66.7 Å². The van der Waals surface area contributed by atoms with Crippen LogP contribution in [-0.4, -0.2) is 45.8 Å². The van der Waals surface area contributed by atoms with Crippen LogP contribution < -0.4 is 9.64 Å². The number of rotatable bonds is 9. The average Bonchev–Trinajstić information content (AvgIpc) is 3.47. The Morgan fingerprint density at radius 2 is 1.51 bits per heavy atom. The largest absolute Gasteiger partial charge is 0.494 e. The Labute approximate surface area is 277 Å². The molecular weight excluding hydrogens is 611 g/mol. The van der Waals surface area contributed by atoms with E-state index in [1.807, 2.05) is 85.8 Å². The lowest BCUT2D eigenvalue weighted by Crippen LogP contribution is -2.42. The second-order valence-corrected chi connectivity index (χ2v) is 10.9. The minimum absolute atomic E-state index is 0.0213. The van der Waals surface area contributed by atoms with Gasteiger partial charge in [0, 0.05) is 17.3 Å². The van der Waals surface area contributed by atoms with Gasteiger partial charge in [-0.25, -0.2) is 4.79 Å². The minimum Gasteiger partial charge on any atom is -0.494 e. The highest BCUT2D eigenvalue weighted by Crippen LogP contribution is 2.38. The summed E-state index contributed by atoms with van der Waals surface area (Å²) in [5, 5.41) is 11.0. The molecule has 0 atom stereocenters. The molecule has 2 heterocycles. The molecule has 0 unspecified atom stereocenters. The highest BCUT2D eigenvalue weighted by Gasteiger charge is 2.33. The highest BCUT2D eigenvalue weighted by molar-refractivity contribution is 7.80. The Morgan fingerprint density at radius 3 is 2.17 bits per heavy atom. The van der Waals surface area contributed by atoms with Crippen molar-refractivity contribution in [2.24, 2.45) is 4.99 Å². The highest BCUT2D eigenvalue weighted by atomic mass is 32.1. The molecular formula is C38H31N3O5S. The summed E-state index contributed by atoms with van der Waals surface area (Å²) in [6.07, 6.45) is 1.64. The first-order valence-corrected chi connectivity index (χ1v) is 15.6. The molecule has 5 aromatic rings. The maximum absolute atomic E-state index is 14.1. The number of ether oxygens (including phenoxy) is 2. The van der Waals surface area contributed by atoms with Crippen LogP contribution in [0.15, 0.2) is 126 Å². The van der Waals surface area contributed by atoms with Crippen LogP contribution in [0.2, 0.25) is 0 Å². The second kappa shape index (κ2) is 13.7. The number of carbonyl (C=O) groups excluding carboxylic acids is 2. The van der Waals surface area contributed by atoms with Crippen molar-refractivity contribution in [3.63, 3.8) is 0 Å². The van der Waals surface area contributed by atoms with Crippen molar-refractivity contribution in [3.8, 4) is 34.0 Å². The number of anilines is 1. The zero-order valence-electron chi connectivity index (χ0n) is 25.8. The van der Waals surface area contributed by atoms with Crippen molar-refractivity contribution in [2.75, 3.05) is 18.1 Å². The monoisotopic (exact) mass is 641 g/mol. The summed E-state index contributed by atoms with van der Waals surface area (Å²) < 4.78 is 12.9. The molecule has 234 valence electrons. The molecule has 0 radical (unpaired) electrons. The zero-order chi connectivity index (χ0) is 32.9.